The Bertz CT molecular complexity index is 1270. The van der Waals surface area contributed by atoms with Crippen LogP contribution in [0.4, 0.5) is 0 Å². The first-order chi connectivity index (χ1) is 17.0. The number of likely N-dealkylation sites (tertiary alicyclic amines) is 2. The van der Waals surface area contributed by atoms with Crippen molar-refractivity contribution in [3.05, 3.63) is 70.6 Å². The van der Waals surface area contributed by atoms with Crippen LogP contribution in [0.3, 0.4) is 0 Å². The van der Waals surface area contributed by atoms with Crippen LogP contribution in [0.1, 0.15) is 29.8 Å². The molecule has 1 aromatic heterocycles. The molecule has 2 fully saturated rings. The first-order valence-corrected chi connectivity index (χ1v) is 12.0. The second-order valence-electron chi connectivity index (χ2n) is 9.09. The summed E-state index contributed by atoms with van der Waals surface area (Å²) in [5.41, 5.74) is -0.0446. The summed E-state index contributed by atoms with van der Waals surface area (Å²) in [5, 5.41) is 10.3. The molecule has 0 unspecified atom stereocenters. The second-order valence-corrected chi connectivity index (χ2v) is 9.09. The van der Waals surface area contributed by atoms with E-state index in [2.05, 4.69) is 20.4 Å². The average Bonchev–Trinajstić information content (AvgIpc) is 3.32. The highest BCUT2D eigenvalue weighted by Gasteiger charge is 2.42. The largest absolute Gasteiger partial charge is 0.489 e. The number of H-pyrrole nitrogens is 1. The maximum Gasteiger partial charge on any atom is 0.274 e. The summed E-state index contributed by atoms with van der Waals surface area (Å²) in [6, 6.07) is 16.6. The van der Waals surface area contributed by atoms with E-state index in [1.807, 2.05) is 30.3 Å². The molecule has 3 heterocycles. The van der Waals surface area contributed by atoms with Gasteiger partial charge in [0.2, 0.25) is 5.91 Å². The highest BCUT2D eigenvalue weighted by Crippen LogP contribution is 2.29. The first kappa shape index (κ1) is 23.0. The van der Waals surface area contributed by atoms with Crippen molar-refractivity contribution in [1.29, 1.82) is 0 Å². The van der Waals surface area contributed by atoms with Crippen molar-refractivity contribution in [2.45, 2.75) is 37.5 Å². The maximum atomic E-state index is 13.3. The summed E-state index contributed by atoms with van der Waals surface area (Å²) >= 11 is 0. The zero-order chi connectivity index (χ0) is 24.4. The number of nitrogens with zero attached hydrogens (tertiary/aromatic N) is 3. The van der Waals surface area contributed by atoms with Gasteiger partial charge in [-0.3, -0.25) is 19.3 Å². The van der Waals surface area contributed by atoms with Crippen LogP contribution in [0, 0.1) is 0 Å². The minimum Gasteiger partial charge on any atom is -0.489 e. The molecule has 2 aliphatic heterocycles. The number of rotatable bonds is 5. The molecule has 35 heavy (non-hydrogen) atoms. The second kappa shape index (κ2) is 9.87. The molecule has 2 aromatic carbocycles. The number of ether oxygens (including phenoxy) is 1. The average molecular weight is 476 g/mol. The van der Waals surface area contributed by atoms with Gasteiger partial charge in [-0.2, -0.15) is 5.10 Å². The van der Waals surface area contributed by atoms with Gasteiger partial charge in [-0.15, -0.1) is 0 Å². The predicted molar refractivity (Wildman–Crippen MR) is 131 cm³/mol. The van der Waals surface area contributed by atoms with E-state index >= 15 is 0 Å². The summed E-state index contributed by atoms with van der Waals surface area (Å²) in [5.74, 6) is 0.605. The highest BCUT2D eigenvalue weighted by atomic mass is 16.5. The van der Waals surface area contributed by atoms with Gasteiger partial charge >= 0.3 is 0 Å². The van der Waals surface area contributed by atoms with Crippen molar-refractivity contribution >= 4 is 22.6 Å². The number of aromatic amines is 1. The van der Waals surface area contributed by atoms with Crippen LogP contribution in [0.25, 0.3) is 10.8 Å². The quantitative estimate of drug-likeness (QED) is 0.583. The molecule has 2 amide bonds. The molecule has 9 nitrogen and oxygen atoms in total. The number of amides is 2. The van der Waals surface area contributed by atoms with Crippen LogP contribution < -0.4 is 15.6 Å². The molecular weight excluding hydrogens is 446 g/mol. The van der Waals surface area contributed by atoms with Gasteiger partial charge in [0, 0.05) is 44.5 Å². The van der Waals surface area contributed by atoms with Gasteiger partial charge in [0.1, 0.15) is 11.9 Å². The molecule has 0 aliphatic carbocycles. The Morgan fingerprint density at radius 3 is 2.43 bits per heavy atom. The lowest BCUT2D eigenvalue weighted by Gasteiger charge is -2.38. The molecule has 3 aromatic rings. The number of likely N-dealkylation sites (N-methyl/N-ethyl adjacent to an activating group) is 1. The Morgan fingerprint density at radius 2 is 1.71 bits per heavy atom. The Morgan fingerprint density at radius 1 is 1.03 bits per heavy atom. The van der Waals surface area contributed by atoms with E-state index in [-0.39, 0.29) is 41.3 Å². The molecule has 5 rings (SSSR count). The van der Waals surface area contributed by atoms with Gasteiger partial charge < -0.3 is 15.0 Å². The molecule has 0 bridgehead atoms. The zero-order valence-electron chi connectivity index (χ0n) is 19.6. The van der Waals surface area contributed by atoms with E-state index in [0.29, 0.717) is 36.8 Å². The van der Waals surface area contributed by atoms with Gasteiger partial charge in [0.15, 0.2) is 5.69 Å². The lowest BCUT2D eigenvalue weighted by Crippen LogP contribution is -2.52. The van der Waals surface area contributed by atoms with Crippen LogP contribution in [0.15, 0.2) is 59.4 Å². The van der Waals surface area contributed by atoms with Crippen molar-refractivity contribution in [3.63, 3.8) is 0 Å². The van der Waals surface area contributed by atoms with Gasteiger partial charge in [0.05, 0.1) is 11.4 Å². The van der Waals surface area contributed by atoms with E-state index in [0.717, 1.165) is 18.6 Å². The van der Waals surface area contributed by atoms with Crippen LogP contribution in [-0.2, 0) is 4.79 Å². The van der Waals surface area contributed by atoms with E-state index in [9.17, 15) is 14.4 Å². The van der Waals surface area contributed by atoms with Crippen molar-refractivity contribution in [2.75, 3.05) is 26.7 Å². The van der Waals surface area contributed by atoms with Gasteiger partial charge in [-0.25, -0.2) is 5.10 Å². The molecular formula is C26H29N5O4. The number of benzene rings is 2. The maximum absolute atomic E-state index is 13.3. The Balaban J connectivity index is 1.27. The van der Waals surface area contributed by atoms with Gasteiger partial charge in [-0.05, 0) is 31.0 Å². The summed E-state index contributed by atoms with van der Waals surface area (Å²) < 4.78 is 6.17. The van der Waals surface area contributed by atoms with Crippen LogP contribution in [0.5, 0.6) is 5.75 Å². The summed E-state index contributed by atoms with van der Waals surface area (Å²) in [7, 11) is 1.66. The lowest BCUT2D eigenvalue weighted by atomic mass is 10.0. The lowest BCUT2D eigenvalue weighted by molar-refractivity contribution is -0.126. The zero-order valence-corrected chi connectivity index (χ0v) is 19.6. The Labute approximate surface area is 203 Å². The van der Waals surface area contributed by atoms with Crippen molar-refractivity contribution in [3.8, 4) is 5.75 Å². The number of aromatic nitrogens is 2. The first-order valence-electron chi connectivity index (χ1n) is 12.0. The van der Waals surface area contributed by atoms with Crippen molar-refractivity contribution in [2.24, 2.45) is 0 Å². The molecule has 0 radical (unpaired) electrons. The summed E-state index contributed by atoms with van der Waals surface area (Å²) in [6.45, 7) is 1.78. The summed E-state index contributed by atoms with van der Waals surface area (Å²) in [4.78, 5) is 42.0. The standard InChI is InChI=1S/C26H29N5O4/c1-27-25(33)22-15-19(35-18-7-3-2-4-8-18)16-31(22)17-11-13-30(14-12-17)26(34)23-20-9-5-6-10-21(20)24(32)29-28-23/h2-10,17,19,22H,11-16H2,1H3,(H,27,33)(H,29,32)/t19-,22-/m0/s1. The van der Waals surface area contributed by atoms with Crippen LogP contribution >= 0.6 is 0 Å². The number of fused-ring (bicyclic) bond motifs is 1. The molecule has 0 spiro atoms. The number of hydrogen-bond donors (Lipinski definition) is 2. The normalized spacial score (nSPS) is 21.2. The van der Waals surface area contributed by atoms with Crippen molar-refractivity contribution < 1.29 is 14.3 Å². The number of para-hydroxylation sites is 1. The third kappa shape index (κ3) is 4.64. The predicted octanol–water partition coefficient (Wildman–Crippen LogP) is 1.80. The Hall–Kier alpha value is -3.72. The number of piperidine rings is 1. The third-order valence-electron chi connectivity index (χ3n) is 7.02. The number of hydrogen-bond acceptors (Lipinski definition) is 6. The van der Waals surface area contributed by atoms with Crippen LogP contribution in [0.2, 0.25) is 0 Å². The van der Waals surface area contributed by atoms with E-state index in [1.54, 1.807) is 36.2 Å². The van der Waals surface area contributed by atoms with Crippen molar-refractivity contribution in [1.82, 2.24) is 25.3 Å². The molecule has 2 aliphatic rings. The van der Waals surface area contributed by atoms with Gasteiger partial charge in [0.25, 0.3) is 11.5 Å². The minimum atomic E-state index is -0.308. The SMILES string of the molecule is CNC(=O)[C@@H]1C[C@H](Oc2ccccc2)CN1C1CCN(C(=O)c2n[nH]c(=O)c3ccccc23)CC1. The third-order valence-corrected chi connectivity index (χ3v) is 7.02. The molecule has 2 saturated heterocycles. The number of carbonyl (C=O) groups excluding carboxylic acids is 2. The highest BCUT2D eigenvalue weighted by molar-refractivity contribution is 6.04. The smallest absolute Gasteiger partial charge is 0.274 e. The molecule has 9 heteroatoms. The topological polar surface area (TPSA) is 108 Å². The van der Waals surface area contributed by atoms with Crippen LogP contribution in [-0.4, -0.2) is 76.7 Å². The molecule has 2 atom stereocenters. The molecule has 2 N–H and O–H groups in total. The fourth-order valence-electron chi connectivity index (χ4n) is 5.25. The fourth-order valence-corrected chi connectivity index (χ4v) is 5.25. The Kier molecular flexibility index (Phi) is 6.50. The van der Waals surface area contributed by atoms with Gasteiger partial charge in [-0.1, -0.05) is 36.4 Å². The monoisotopic (exact) mass is 475 g/mol. The number of carbonyl (C=O) groups is 2. The fraction of sp³-hybridized carbons (Fsp3) is 0.385. The van der Waals surface area contributed by atoms with E-state index < -0.39 is 0 Å². The summed E-state index contributed by atoms with van der Waals surface area (Å²) in [6.07, 6.45) is 2.05. The van der Waals surface area contributed by atoms with E-state index in [4.69, 9.17) is 4.74 Å². The number of nitrogens with one attached hydrogen (secondary N) is 2. The molecule has 182 valence electrons. The van der Waals surface area contributed by atoms with E-state index in [1.165, 1.54) is 0 Å². The minimum absolute atomic E-state index is 0.00780. The molecule has 0 saturated carbocycles.